The molecule has 0 bridgehead atoms. The molecule has 7 heteroatoms. The summed E-state index contributed by atoms with van der Waals surface area (Å²) in [4.78, 5) is 11.8. The lowest BCUT2D eigenvalue weighted by atomic mass is 10.1. The van der Waals surface area contributed by atoms with Crippen molar-refractivity contribution in [1.29, 1.82) is 0 Å². The maximum atomic E-state index is 11.8. The minimum atomic E-state index is -0.328. The van der Waals surface area contributed by atoms with Gasteiger partial charge in [-0.15, -0.1) is 5.10 Å². The van der Waals surface area contributed by atoms with Crippen LogP contribution < -0.4 is 11.1 Å². The van der Waals surface area contributed by atoms with Crippen molar-refractivity contribution in [1.82, 2.24) is 9.59 Å². The molecule has 0 spiro atoms. The van der Waals surface area contributed by atoms with Crippen LogP contribution in [0.3, 0.4) is 0 Å². The van der Waals surface area contributed by atoms with Crippen LogP contribution in [0.2, 0.25) is 5.02 Å². The minimum absolute atomic E-state index is 0.328. The molecule has 0 saturated carbocycles. The van der Waals surface area contributed by atoms with Gasteiger partial charge < -0.3 is 11.1 Å². The monoisotopic (exact) mass is 254 g/mol. The van der Waals surface area contributed by atoms with Gasteiger partial charge in [0.2, 0.25) is 0 Å². The lowest BCUT2D eigenvalue weighted by Gasteiger charge is -2.05. The largest absolute Gasteiger partial charge is 0.398 e. The van der Waals surface area contributed by atoms with E-state index in [0.717, 1.165) is 11.5 Å². The van der Waals surface area contributed by atoms with Crippen LogP contribution in [0.15, 0.2) is 24.4 Å². The first-order valence-corrected chi connectivity index (χ1v) is 5.45. The predicted molar refractivity (Wildman–Crippen MR) is 63.7 cm³/mol. The first-order valence-electron chi connectivity index (χ1n) is 4.30. The van der Waals surface area contributed by atoms with Crippen LogP contribution in [-0.4, -0.2) is 15.5 Å². The van der Waals surface area contributed by atoms with Gasteiger partial charge in [0, 0.05) is 22.2 Å². The number of hydrogen-bond donors (Lipinski definition) is 2. The minimum Gasteiger partial charge on any atom is -0.398 e. The van der Waals surface area contributed by atoms with Crippen LogP contribution in [0, 0.1) is 0 Å². The molecule has 2 rings (SSSR count). The molecule has 2 aromatic rings. The van der Waals surface area contributed by atoms with E-state index in [1.54, 1.807) is 12.1 Å². The van der Waals surface area contributed by atoms with E-state index >= 15 is 0 Å². The molecule has 0 radical (unpaired) electrons. The first kappa shape index (κ1) is 10.8. The maximum Gasteiger partial charge on any atom is 0.258 e. The molecule has 0 saturated heterocycles. The maximum absolute atomic E-state index is 11.8. The lowest BCUT2D eigenvalue weighted by molar-refractivity contribution is 0.102. The molecule has 0 fully saturated rings. The summed E-state index contributed by atoms with van der Waals surface area (Å²) >= 11 is 6.87. The number of anilines is 2. The van der Waals surface area contributed by atoms with Crippen molar-refractivity contribution >= 4 is 39.7 Å². The smallest absolute Gasteiger partial charge is 0.258 e. The number of nitrogen functional groups attached to an aromatic ring is 1. The molecule has 0 unspecified atom stereocenters. The van der Waals surface area contributed by atoms with Crippen LogP contribution in [-0.2, 0) is 0 Å². The number of nitrogens with two attached hydrogens (primary N) is 1. The number of aromatic nitrogens is 2. The van der Waals surface area contributed by atoms with Gasteiger partial charge in [0.25, 0.3) is 5.91 Å². The van der Waals surface area contributed by atoms with Crippen LogP contribution in [0.4, 0.5) is 10.7 Å². The van der Waals surface area contributed by atoms with E-state index in [1.165, 1.54) is 12.3 Å². The average molecular weight is 255 g/mol. The van der Waals surface area contributed by atoms with Gasteiger partial charge in [-0.25, -0.2) is 0 Å². The van der Waals surface area contributed by atoms with E-state index in [4.69, 9.17) is 17.3 Å². The molecular formula is C9H7ClN4OS. The van der Waals surface area contributed by atoms with E-state index in [2.05, 4.69) is 14.9 Å². The molecule has 0 atom stereocenters. The summed E-state index contributed by atoms with van der Waals surface area (Å²) in [5, 5.41) is 7.25. The molecule has 3 N–H and O–H groups in total. The van der Waals surface area contributed by atoms with Crippen molar-refractivity contribution < 1.29 is 4.79 Å². The van der Waals surface area contributed by atoms with Gasteiger partial charge >= 0.3 is 0 Å². The fraction of sp³-hybridized carbons (Fsp3) is 0. The summed E-state index contributed by atoms with van der Waals surface area (Å²) < 4.78 is 3.63. The second-order valence-electron chi connectivity index (χ2n) is 2.97. The zero-order valence-electron chi connectivity index (χ0n) is 7.98. The van der Waals surface area contributed by atoms with Crippen LogP contribution in [0.25, 0.3) is 0 Å². The molecule has 1 heterocycles. The summed E-state index contributed by atoms with van der Waals surface area (Å²) in [5.41, 5.74) is 6.38. The van der Waals surface area contributed by atoms with Crippen LogP contribution in [0.5, 0.6) is 0 Å². The number of benzene rings is 1. The normalized spacial score (nSPS) is 10.1. The van der Waals surface area contributed by atoms with Crippen LogP contribution >= 0.6 is 23.1 Å². The molecule has 0 aliphatic rings. The van der Waals surface area contributed by atoms with Crippen molar-refractivity contribution in [3.63, 3.8) is 0 Å². The predicted octanol–water partition coefficient (Wildman–Crippen LogP) is 2.03. The summed E-state index contributed by atoms with van der Waals surface area (Å²) in [6.45, 7) is 0. The Morgan fingerprint density at radius 1 is 1.50 bits per heavy atom. The summed E-state index contributed by atoms with van der Waals surface area (Å²) in [6, 6.07) is 4.73. The van der Waals surface area contributed by atoms with Crippen molar-refractivity contribution in [3.05, 3.63) is 35.0 Å². The van der Waals surface area contributed by atoms with E-state index in [1.807, 2.05) is 0 Å². The number of halogens is 1. The number of carbonyl (C=O) groups excluding carboxylic acids is 1. The Morgan fingerprint density at radius 3 is 3.00 bits per heavy atom. The third-order valence-corrected chi connectivity index (χ3v) is 2.67. The van der Waals surface area contributed by atoms with Crippen molar-refractivity contribution in [2.75, 3.05) is 11.1 Å². The second kappa shape index (κ2) is 4.46. The Morgan fingerprint density at radius 2 is 2.31 bits per heavy atom. The highest BCUT2D eigenvalue weighted by Crippen LogP contribution is 2.20. The second-order valence-corrected chi connectivity index (χ2v) is 4.19. The quantitative estimate of drug-likeness (QED) is 0.804. The van der Waals surface area contributed by atoms with Gasteiger partial charge in [0.1, 0.15) is 5.00 Å². The van der Waals surface area contributed by atoms with Gasteiger partial charge in [-0.05, 0) is 18.2 Å². The SMILES string of the molecule is Nc1ccc(Cl)cc1C(=O)Nc1cnns1. The molecule has 1 amide bonds. The van der Waals surface area contributed by atoms with E-state index in [-0.39, 0.29) is 5.91 Å². The third-order valence-electron chi connectivity index (χ3n) is 1.86. The molecule has 1 aromatic heterocycles. The zero-order chi connectivity index (χ0) is 11.5. The molecule has 16 heavy (non-hydrogen) atoms. The van der Waals surface area contributed by atoms with E-state index in [0.29, 0.717) is 21.3 Å². The number of amides is 1. The van der Waals surface area contributed by atoms with Crippen molar-refractivity contribution in [2.45, 2.75) is 0 Å². The molecule has 82 valence electrons. The Bertz CT molecular complexity index is 514. The average Bonchev–Trinajstić information content (AvgIpc) is 2.74. The highest BCUT2D eigenvalue weighted by atomic mass is 35.5. The molecule has 5 nitrogen and oxygen atoms in total. The highest BCUT2D eigenvalue weighted by Gasteiger charge is 2.11. The van der Waals surface area contributed by atoms with Crippen molar-refractivity contribution in [3.8, 4) is 0 Å². The van der Waals surface area contributed by atoms with Crippen molar-refractivity contribution in [2.24, 2.45) is 0 Å². The van der Waals surface area contributed by atoms with E-state index < -0.39 is 0 Å². The highest BCUT2D eigenvalue weighted by molar-refractivity contribution is 7.10. The number of carbonyl (C=O) groups is 1. The molecule has 0 aliphatic carbocycles. The zero-order valence-corrected chi connectivity index (χ0v) is 9.55. The Labute approximate surface area is 100 Å². The lowest BCUT2D eigenvalue weighted by Crippen LogP contribution is -2.13. The summed E-state index contributed by atoms with van der Waals surface area (Å²) in [6.07, 6.45) is 1.46. The Balaban J connectivity index is 2.24. The van der Waals surface area contributed by atoms with Gasteiger partial charge in [-0.2, -0.15) is 0 Å². The first-order chi connectivity index (χ1) is 7.66. The van der Waals surface area contributed by atoms with Gasteiger partial charge in [-0.3, -0.25) is 4.79 Å². The molecule has 1 aromatic carbocycles. The van der Waals surface area contributed by atoms with Gasteiger partial charge in [0.05, 0.1) is 11.8 Å². The number of rotatable bonds is 2. The summed E-state index contributed by atoms with van der Waals surface area (Å²) in [5.74, 6) is -0.328. The molecular weight excluding hydrogens is 248 g/mol. The summed E-state index contributed by atoms with van der Waals surface area (Å²) in [7, 11) is 0. The third kappa shape index (κ3) is 2.29. The molecule has 0 aliphatic heterocycles. The fourth-order valence-electron chi connectivity index (χ4n) is 1.13. The number of nitrogens with zero attached hydrogens (tertiary/aromatic N) is 2. The van der Waals surface area contributed by atoms with Gasteiger partial charge in [-0.1, -0.05) is 16.1 Å². The van der Waals surface area contributed by atoms with Gasteiger partial charge in [0.15, 0.2) is 0 Å². The van der Waals surface area contributed by atoms with E-state index in [9.17, 15) is 4.79 Å². The fourth-order valence-corrected chi connectivity index (χ4v) is 1.71. The van der Waals surface area contributed by atoms with Crippen LogP contribution in [0.1, 0.15) is 10.4 Å². The number of hydrogen-bond acceptors (Lipinski definition) is 5. The Hall–Kier alpha value is -1.66. The standard InChI is InChI=1S/C9H7ClN4OS/c10-5-1-2-7(11)6(3-5)9(15)13-8-4-12-14-16-8/h1-4H,11H2,(H,13,15). The topological polar surface area (TPSA) is 80.9 Å². The Kier molecular flexibility index (Phi) is 3.02. The number of nitrogens with one attached hydrogen (secondary N) is 1.